The molecule has 0 aliphatic carbocycles. The van der Waals surface area contributed by atoms with Crippen molar-refractivity contribution in [1.29, 1.82) is 0 Å². The Balaban J connectivity index is 1.18. The first kappa shape index (κ1) is 28.8. The van der Waals surface area contributed by atoms with Gasteiger partial charge in [-0.1, -0.05) is 30.3 Å². The number of likely N-dealkylation sites (tertiary alicyclic amines) is 1. The van der Waals surface area contributed by atoms with Crippen molar-refractivity contribution in [3.63, 3.8) is 0 Å². The van der Waals surface area contributed by atoms with Crippen molar-refractivity contribution in [1.82, 2.24) is 15.5 Å². The molecular weight excluding hydrogens is 540 g/mol. The number of carbonyl (C=O) groups excluding carboxylic acids is 4. The molecule has 0 bridgehead atoms. The lowest BCUT2D eigenvalue weighted by Crippen LogP contribution is -2.49. The molecule has 3 N–H and O–H groups in total. The van der Waals surface area contributed by atoms with Gasteiger partial charge in [0, 0.05) is 31.1 Å². The van der Waals surface area contributed by atoms with Crippen LogP contribution in [0.1, 0.15) is 29.3 Å². The smallest absolute Gasteiger partial charge is 0.251 e. The lowest BCUT2D eigenvalue weighted by molar-refractivity contribution is -0.152. The van der Waals surface area contributed by atoms with Gasteiger partial charge in [-0.2, -0.15) is 0 Å². The van der Waals surface area contributed by atoms with Crippen molar-refractivity contribution in [3.05, 3.63) is 90.0 Å². The summed E-state index contributed by atoms with van der Waals surface area (Å²) in [4.78, 5) is 52.1. The minimum atomic E-state index is -1.05. The highest BCUT2D eigenvalue weighted by atomic mass is 16.7. The molecule has 2 heterocycles. The SMILES string of the molecule is CC(=O)Nc1cccc(CNC(=O)[C@@H]2CC3(CN2C(=O)CNC(=O)c2ccc(Oc4ccccc4)cc2)OCCO3)c1. The molecule has 42 heavy (non-hydrogen) atoms. The Kier molecular flexibility index (Phi) is 8.80. The fraction of sp³-hybridized carbons (Fsp3) is 0.290. The van der Waals surface area contributed by atoms with Crippen LogP contribution in [-0.2, 0) is 30.4 Å². The zero-order chi connectivity index (χ0) is 29.5. The van der Waals surface area contributed by atoms with E-state index >= 15 is 0 Å². The predicted molar refractivity (Wildman–Crippen MR) is 153 cm³/mol. The quantitative estimate of drug-likeness (QED) is 0.359. The van der Waals surface area contributed by atoms with E-state index in [1.54, 1.807) is 42.5 Å². The van der Waals surface area contributed by atoms with Gasteiger partial charge >= 0.3 is 0 Å². The number of amides is 4. The van der Waals surface area contributed by atoms with Gasteiger partial charge in [-0.05, 0) is 54.1 Å². The van der Waals surface area contributed by atoms with E-state index in [1.807, 2.05) is 36.4 Å². The maximum atomic E-state index is 13.3. The maximum Gasteiger partial charge on any atom is 0.251 e. The third kappa shape index (κ3) is 7.12. The van der Waals surface area contributed by atoms with Crippen LogP contribution in [0, 0.1) is 0 Å². The molecule has 0 aromatic heterocycles. The van der Waals surface area contributed by atoms with Crippen LogP contribution in [0.2, 0.25) is 0 Å². The molecule has 2 aliphatic rings. The number of nitrogens with one attached hydrogen (secondary N) is 3. The summed E-state index contributed by atoms with van der Waals surface area (Å²) in [5.41, 5.74) is 1.76. The minimum absolute atomic E-state index is 0.0727. The van der Waals surface area contributed by atoms with E-state index in [2.05, 4.69) is 16.0 Å². The average Bonchev–Trinajstić information content (AvgIpc) is 3.62. The van der Waals surface area contributed by atoms with Crippen LogP contribution in [0.15, 0.2) is 78.9 Å². The van der Waals surface area contributed by atoms with E-state index in [0.29, 0.717) is 36.0 Å². The fourth-order valence-corrected chi connectivity index (χ4v) is 4.97. The van der Waals surface area contributed by atoms with Gasteiger partial charge in [0.05, 0.1) is 26.3 Å². The summed E-state index contributed by atoms with van der Waals surface area (Å²) in [6, 6.07) is 22.1. The number of rotatable bonds is 9. The standard InChI is InChI=1S/C31H32N4O7/c1-21(36)34-24-7-5-6-22(16-24)18-32-30(39)27-17-31(40-14-15-41-31)20-35(27)28(37)19-33-29(38)23-10-12-26(13-11-23)42-25-8-3-2-4-9-25/h2-13,16,27H,14-15,17-20H2,1H3,(H,32,39)(H,33,38)(H,34,36)/t27-/m0/s1. The first-order valence-corrected chi connectivity index (χ1v) is 13.6. The summed E-state index contributed by atoms with van der Waals surface area (Å²) in [7, 11) is 0. The van der Waals surface area contributed by atoms with E-state index in [-0.39, 0.29) is 37.9 Å². The Bertz CT molecular complexity index is 1440. The molecule has 0 unspecified atom stereocenters. The van der Waals surface area contributed by atoms with Crippen molar-refractivity contribution in [2.24, 2.45) is 0 Å². The zero-order valence-electron chi connectivity index (χ0n) is 23.1. The maximum absolute atomic E-state index is 13.3. The molecule has 3 aromatic rings. The normalized spacial score (nSPS) is 17.1. The monoisotopic (exact) mass is 572 g/mol. The number of anilines is 1. The van der Waals surface area contributed by atoms with Gasteiger partial charge in [0.15, 0.2) is 5.79 Å². The van der Waals surface area contributed by atoms with E-state index in [1.165, 1.54) is 11.8 Å². The van der Waals surface area contributed by atoms with Crippen LogP contribution in [0.3, 0.4) is 0 Å². The third-order valence-corrected chi connectivity index (χ3v) is 6.94. The number of hydrogen-bond donors (Lipinski definition) is 3. The molecule has 1 spiro atoms. The number of hydrogen-bond acceptors (Lipinski definition) is 7. The summed E-state index contributed by atoms with van der Waals surface area (Å²) in [5, 5.41) is 8.23. The number of nitrogens with zero attached hydrogens (tertiary/aromatic N) is 1. The Morgan fingerprint density at radius 3 is 2.33 bits per heavy atom. The first-order chi connectivity index (χ1) is 20.3. The lowest BCUT2D eigenvalue weighted by Gasteiger charge is -2.24. The van der Waals surface area contributed by atoms with E-state index < -0.39 is 23.6 Å². The van der Waals surface area contributed by atoms with E-state index in [4.69, 9.17) is 14.2 Å². The molecule has 11 heteroatoms. The number of benzene rings is 3. The Hall–Kier alpha value is -4.74. The second-order valence-electron chi connectivity index (χ2n) is 10.1. The predicted octanol–water partition coefficient (Wildman–Crippen LogP) is 2.83. The van der Waals surface area contributed by atoms with Gasteiger partial charge in [0.1, 0.15) is 17.5 Å². The molecule has 0 radical (unpaired) electrons. The summed E-state index contributed by atoms with van der Waals surface area (Å²) >= 11 is 0. The molecule has 2 fully saturated rings. The fourth-order valence-electron chi connectivity index (χ4n) is 4.97. The largest absolute Gasteiger partial charge is 0.457 e. The van der Waals surface area contributed by atoms with Gasteiger partial charge in [-0.25, -0.2) is 0 Å². The molecule has 2 saturated heterocycles. The highest BCUT2D eigenvalue weighted by molar-refractivity contribution is 5.97. The number of ether oxygens (including phenoxy) is 3. The van der Waals surface area contributed by atoms with Crippen molar-refractivity contribution in [3.8, 4) is 11.5 Å². The summed E-state index contributed by atoms with van der Waals surface area (Å²) in [6.07, 6.45) is 0.174. The van der Waals surface area contributed by atoms with Crippen molar-refractivity contribution >= 4 is 29.3 Å². The lowest BCUT2D eigenvalue weighted by atomic mass is 10.1. The second kappa shape index (κ2) is 12.8. The molecular formula is C31H32N4O7. The molecule has 218 valence electrons. The average molecular weight is 573 g/mol. The van der Waals surface area contributed by atoms with E-state index in [9.17, 15) is 19.2 Å². The van der Waals surface area contributed by atoms with Gasteiger partial charge < -0.3 is 35.1 Å². The van der Waals surface area contributed by atoms with Crippen LogP contribution in [0.5, 0.6) is 11.5 Å². The van der Waals surface area contributed by atoms with Gasteiger partial charge in [-0.15, -0.1) is 0 Å². The molecule has 5 rings (SSSR count). The molecule has 4 amide bonds. The zero-order valence-corrected chi connectivity index (χ0v) is 23.1. The topological polar surface area (TPSA) is 135 Å². The molecule has 1 atom stereocenters. The van der Waals surface area contributed by atoms with Crippen molar-refractivity contribution < 1.29 is 33.4 Å². The van der Waals surface area contributed by atoms with Gasteiger partial charge in [0.25, 0.3) is 5.91 Å². The number of carbonyl (C=O) groups is 4. The highest BCUT2D eigenvalue weighted by Crippen LogP contribution is 2.35. The molecule has 0 saturated carbocycles. The van der Waals surface area contributed by atoms with Crippen LogP contribution in [0.25, 0.3) is 0 Å². The first-order valence-electron chi connectivity index (χ1n) is 13.6. The Labute approximate surface area is 243 Å². The Morgan fingerprint density at radius 2 is 1.62 bits per heavy atom. The minimum Gasteiger partial charge on any atom is -0.457 e. The molecule has 11 nitrogen and oxygen atoms in total. The summed E-state index contributed by atoms with van der Waals surface area (Å²) in [6.45, 7) is 2.12. The third-order valence-electron chi connectivity index (χ3n) is 6.94. The van der Waals surface area contributed by atoms with Gasteiger partial charge in [0.2, 0.25) is 17.7 Å². The highest BCUT2D eigenvalue weighted by Gasteiger charge is 2.52. The van der Waals surface area contributed by atoms with Gasteiger partial charge in [-0.3, -0.25) is 19.2 Å². The van der Waals surface area contributed by atoms with Crippen molar-refractivity contribution in [2.75, 3.05) is 31.6 Å². The van der Waals surface area contributed by atoms with Crippen LogP contribution in [-0.4, -0.2) is 66.7 Å². The summed E-state index contributed by atoms with van der Waals surface area (Å²) < 4.78 is 17.3. The molecule has 2 aliphatic heterocycles. The van der Waals surface area contributed by atoms with Crippen LogP contribution >= 0.6 is 0 Å². The van der Waals surface area contributed by atoms with Crippen LogP contribution < -0.4 is 20.7 Å². The number of para-hydroxylation sites is 1. The second-order valence-corrected chi connectivity index (χ2v) is 10.1. The van der Waals surface area contributed by atoms with Crippen molar-refractivity contribution in [2.45, 2.75) is 31.7 Å². The van der Waals surface area contributed by atoms with E-state index in [0.717, 1.165) is 5.56 Å². The Morgan fingerprint density at radius 1 is 0.905 bits per heavy atom. The summed E-state index contributed by atoms with van der Waals surface area (Å²) in [5.74, 6) is -1.24. The molecule has 3 aromatic carbocycles. The van der Waals surface area contributed by atoms with Crippen LogP contribution in [0.4, 0.5) is 5.69 Å².